The van der Waals surface area contributed by atoms with E-state index >= 15 is 0 Å². The van der Waals surface area contributed by atoms with Crippen LogP contribution in [-0.2, 0) is 0 Å². The maximum Gasteiger partial charge on any atom is 0.273 e. The zero-order valence-corrected chi connectivity index (χ0v) is 11.0. The Bertz CT molecular complexity index is 657. The Balaban J connectivity index is 0.000000220. The number of phenols is 2. The number of nitro groups is 2. The molecule has 0 amide bonds. The second kappa shape index (κ2) is 6.74. The highest BCUT2D eigenvalue weighted by atomic mass is 16.6. The number of hydrogen-bond acceptors (Lipinski definition) is 8. The lowest BCUT2D eigenvalue weighted by Crippen LogP contribution is -1.89. The molecule has 0 unspecified atom stereocenters. The molecule has 0 aliphatic heterocycles. The van der Waals surface area contributed by atoms with E-state index in [1.807, 2.05) is 0 Å². The van der Waals surface area contributed by atoms with Gasteiger partial charge in [-0.05, 0) is 12.1 Å². The summed E-state index contributed by atoms with van der Waals surface area (Å²) in [5.74, 6) is -0.529. The van der Waals surface area contributed by atoms with E-state index in [2.05, 4.69) is 0 Å². The van der Waals surface area contributed by atoms with Crippen LogP contribution in [0, 0.1) is 20.2 Å². The highest BCUT2D eigenvalue weighted by Gasteiger charge is 2.07. The Morgan fingerprint density at radius 2 is 1.09 bits per heavy atom. The predicted octanol–water partition coefficient (Wildman–Crippen LogP) is 1.77. The first kappa shape index (κ1) is 16.5. The van der Waals surface area contributed by atoms with Crippen molar-refractivity contribution in [3.05, 3.63) is 56.6 Å². The number of nitrogens with zero attached hydrogens (tertiary/aromatic N) is 2. The van der Waals surface area contributed by atoms with Gasteiger partial charge in [-0.3, -0.25) is 20.2 Å². The minimum atomic E-state index is -0.598. The molecule has 0 heterocycles. The maximum atomic E-state index is 10.1. The quantitative estimate of drug-likeness (QED) is 0.280. The largest absolute Gasteiger partial charge is 0.506 e. The molecule has 10 nitrogen and oxygen atoms in total. The van der Waals surface area contributed by atoms with Gasteiger partial charge in [0.1, 0.15) is 11.5 Å². The normalized spacial score (nSPS) is 9.45. The van der Waals surface area contributed by atoms with Crippen LogP contribution < -0.4 is 11.5 Å². The molecule has 0 fully saturated rings. The summed E-state index contributed by atoms with van der Waals surface area (Å²) in [5, 5.41) is 38.1. The molecule has 0 bridgehead atoms. The van der Waals surface area contributed by atoms with Crippen LogP contribution in [0.5, 0.6) is 11.5 Å². The number of benzene rings is 2. The van der Waals surface area contributed by atoms with Crippen LogP contribution in [-0.4, -0.2) is 20.1 Å². The van der Waals surface area contributed by atoms with E-state index in [1.54, 1.807) is 0 Å². The number of nitrogen functional groups attached to an aromatic ring is 2. The first-order chi connectivity index (χ1) is 10.2. The van der Waals surface area contributed by atoms with Gasteiger partial charge in [-0.25, -0.2) is 0 Å². The predicted molar refractivity (Wildman–Crippen MR) is 78.3 cm³/mol. The summed E-state index contributed by atoms with van der Waals surface area (Å²) in [6.07, 6.45) is 0. The fourth-order valence-electron chi connectivity index (χ4n) is 1.29. The van der Waals surface area contributed by atoms with Crippen molar-refractivity contribution in [3.63, 3.8) is 0 Å². The van der Waals surface area contributed by atoms with Gasteiger partial charge in [0.2, 0.25) is 0 Å². The molecule has 0 radical (unpaired) electrons. The fourth-order valence-corrected chi connectivity index (χ4v) is 1.29. The molecule has 10 heteroatoms. The lowest BCUT2D eigenvalue weighted by atomic mass is 10.3. The number of non-ortho nitro benzene ring substituents is 2. The summed E-state index contributed by atoms with van der Waals surface area (Å²) in [7, 11) is 0. The molecule has 116 valence electrons. The third-order valence-electron chi connectivity index (χ3n) is 2.45. The highest BCUT2D eigenvalue weighted by Crippen LogP contribution is 2.25. The molecule has 0 spiro atoms. The van der Waals surface area contributed by atoms with Crippen LogP contribution in [0.2, 0.25) is 0 Å². The first-order valence-electron chi connectivity index (χ1n) is 5.68. The third kappa shape index (κ3) is 4.23. The highest BCUT2D eigenvalue weighted by molar-refractivity contribution is 5.57. The second-order valence-corrected chi connectivity index (χ2v) is 4.00. The van der Waals surface area contributed by atoms with E-state index in [1.165, 1.54) is 24.3 Å². The molecule has 0 atom stereocenters. The van der Waals surface area contributed by atoms with Gasteiger partial charge >= 0.3 is 0 Å². The van der Waals surface area contributed by atoms with Crippen LogP contribution in [0.4, 0.5) is 22.7 Å². The Hall–Kier alpha value is -3.56. The SMILES string of the molecule is Nc1ccc([N+](=O)[O-])cc1O.Nc1ccc([N+](=O)[O-])cc1O. The van der Waals surface area contributed by atoms with Crippen molar-refractivity contribution in [2.75, 3.05) is 11.5 Å². The Morgan fingerprint density at radius 1 is 0.773 bits per heavy atom. The van der Waals surface area contributed by atoms with Crippen LogP contribution in [0.15, 0.2) is 36.4 Å². The van der Waals surface area contributed by atoms with Crippen LogP contribution in [0.1, 0.15) is 0 Å². The summed E-state index contributed by atoms with van der Waals surface area (Å²) in [6.45, 7) is 0. The number of nitrogens with two attached hydrogens (primary N) is 2. The van der Waals surface area contributed by atoms with E-state index in [4.69, 9.17) is 21.7 Å². The molecule has 2 aromatic carbocycles. The van der Waals surface area contributed by atoms with Gasteiger partial charge in [0, 0.05) is 12.1 Å². The molecule has 0 saturated carbocycles. The molecule has 2 rings (SSSR count). The van der Waals surface area contributed by atoms with E-state index < -0.39 is 9.85 Å². The fraction of sp³-hybridized carbons (Fsp3) is 0. The van der Waals surface area contributed by atoms with Gasteiger partial charge in [-0.1, -0.05) is 0 Å². The van der Waals surface area contributed by atoms with Gasteiger partial charge in [-0.2, -0.15) is 0 Å². The van der Waals surface area contributed by atoms with E-state index in [0.29, 0.717) is 0 Å². The second-order valence-electron chi connectivity index (χ2n) is 4.00. The molecule has 0 aromatic heterocycles. The van der Waals surface area contributed by atoms with Crippen LogP contribution in [0.25, 0.3) is 0 Å². The van der Waals surface area contributed by atoms with Crippen molar-refractivity contribution < 1.29 is 20.1 Å². The van der Waals surface area contributed by atoms with E-state index in [-0.39, 0.29) is 34.2 Å². The number of phenolic OH excluding ortho intramolecular Hbond substituents is 2. The van der Waals surface area contributed by atoms with Crippen molar-refractivity contribution in [2.45, 2.75) is 0 Å². The van der Waals surface area contributed by atoms with Crippen LogP contribution in [0.3, 0.4) is 0 Å². The molecule has 6 N–H and O–H groups in total. The average molecular weight is 308 g/mol. The first-order valence-corrected chi connectivity index (χ1v) is 5.68. The van der Waals surface area contributed by atoms with Gasteiger partial charge in [0.05, 0.1) is 33.4 Å². The topological polar surface area (TPSA) is 179 Å². The molecule has 0 saturated heterocycles. The molecular formula is C12H12N4O6. The van der Waals surface area contributed by atoms with Crippen molar-refractivity contribution >= 4 is 22.7 Å². The van der Waals surface area contributed by atoms with Gasteiger partial charge < -0.3 is 21.7 Å². The number of aromatic hydroxyl groups is 2. The Labute approximate surface area is 123 Å². The maximum absolute atomic E-state index is 10.1. The van der Waals surface area contributed by atoms with Crippen molar-refractivity contribution in [1.29, 1.82) is 0 Å². The van der Waals surface area contributed by atoms with E-state index in [0.717, 1.165) is 12.1 Å². The standard InChI is InChI=1S/2C6H6N2O3/c2*7-5-2-1-4(8(10)11)3-6(5)9/h2*1-3,9H,7H2. The molecule has 0 aliphatic carbocycles. The van der Waals surface area contributed by atoms with Gasteiger partial charge in [0.25, 0.3) is 11.4 Å². The van der Waals surface area contributed by atoms with Gasteiger partial charge in [0.15, 0.2) is 0 Å². The zero-order valence-electron chi connectivity index (χ0n) is 11.0. The summed E-state index contributed by atoms with van der Waals surface area (Å²) < 4.78 is 0. The molecule has 2 aromatic rings. The molecule has 22 heavy (non-hydrogen) atoms. The summed E-state index contributed by atoms with van der Waals surface area (Å²) >= 11 is 0. The minimum Gasteiger partial charge on any atom is -0.506 e. The van der Waals surface area contributed by atoms with E-state index in [9.17, 15) is 20.2 Å². The van der Waals surface area contributed by atoms with Crippen molar-refractivity contribution in [1.82, 2.24) is 0 Å². The van der Waals surface area contributed by atoms with Crippen molar-refractivity contribution in [3.8, 4) is 11.5 Å². The summed E-state index contributed by atoms with van der Waals surface area (Å²) in [6, 6.07) is 7.05. The van der Waals surface area contributed by atoms with Gasteiger partial charge in [-0.15, -0.1) is 0 Å². The summed E-state index contributed by atoms with van der Waals surface area (Å²) in [5.41, 5.74) is 10.4. The van der Waals surface area contributed by atoms with Crippen LogP contribution >= 0.6 is 0 Å². The molecular weight excluding hydrogens is 296 g/mol. The minimum absolute atomic E-state index is 0.135. The Kier molecular flexibility index (Phi) is 5.06. The smallest absolute Gasteiger partial charge is 0.273 e. The number of anilines is 2. The third-order valence-corrected chi connectivity index (χ3v) is 2.45. The Morgan fingerprint density at radius 3 is 1.32 bits per heavy atom. The number of hydrogen-bond donors (Lipinski definition) is 4. The van der Waals surface area contributed by atoms with Crippen molar-refractivity contribution in [2.24, 2.45) is 0 Å². The monoisotopic (exact) mass is 308 g/mol. The molecule has 0 aliphatic rings. The number of rotatable bonds is 2. The number of nitro benzene ring substituents is 2. The average Bonchev–Trinajstić information content (AvgIpc) is 2.45. The lowest BCUT2D eigenvalue weighted by Gasteiger charge is -1.95. The zero-order chi connectivity index (χ0) is 16.9. The lowest BCUT2D eigenvalue weighted by molar-refractivity contribution is -0.385. The summed E-state index contributed by atoms with van der Waals surface area (Å²) in [4.78, 5) is 19.0.